The highest BCUT2D eigenvalue weighted by Gasteiger charge is 2.31. The van der Waals surface area contributed by atoms with E-state index in [1.807, 2.05) is 0 Å². The van der Waals surface area contributed by atoms with Gasteiger partial charge in [0.1, 0.15) is 5.56 Å². The summed E-state index contributed by atoms with van der Waals surface area (Å²) in [6.07, 6.45) is -3.42. The van der Waals surface area contributed by atoms with E-state index in [9.17, 15) is 26.4 Å². The number of aromatic nitrogens is 2. The van der Waals surface area contributed by atoms with E-state index < -0.39 is 27.7 Å². The highest BCUT2D eigenvalue weighted by molar-refractivity contribution is 7.93. The minimum Gasteiger partial charge on any atom is -0.462 e. The number of fused-ring (bicyclic) bond motifs is 1. The van der Waals surface area contributed by atoms with Crippen LogP contribution >= 0.6 is 11.3 Å². The van der Waals surface area contributed by atoms with E-state index in [-0.39, 0.29) is 38.8 Å². The number of hydrogen-bond acceptors (Lipinski definition) is 8. The van der Waals surface area contributed by atoms with E-state index in [2.05, 4.69) is 20.0 Å². The van der Waals surface area contributed by atoms with Crippen LogP contribution in [0.1, 0.15) is 28.5 Å². The zero-order valence-electron chi connectivity index (χ0n) is 18.9. The second-order valence-corrected chi connectivity index (χ2v) is 10.1. The van der Waals surface area contributed by atoms with Gasteiger partial charge in [-0.2, -0.15) is 13.2 Å². The quantitative estimate of drug-likeness (QED) is 0.290. The van der Waals surface area contributed by atoms with Crippen LogP contribution in [0.2, 0.25) is 0 Å². The molecule has 0 aliphatic heterocycles. The summed E-state index contributed by atoms with van der Waals surface area (Å²) in [4.78, 5) is 20.6. The molecule has 0 aliphatic carbocycles. The van der Waals surface area contributed by atoms with Gasteiger partial charge in [0.2, 0.25) is 0 Å². The number of halogens is 3. The van der Waals surface area contributed by atoms with Crippen molar-refractivity contribution in [2.75, 3.05) is 16.6 Å². The van der Waals surface area contributed by atoms with Gasteiger partial charge in [-0.3, -0.25) is 9.71 Å². The van der Waals surface area contributed by atoms with Crippen LogP contribution in [0.5, 0.6) is 0 Å². The molecule has 13 heteroatoms. The molecule has 2 aromatic heterocycles. The van der Waals surface area contributed by atoms with E-state index in [0.717, 1.165) is 29.7 Å². The first-order chi connectivity index (χ1) is 17.0. The Morgan fingerprint density at radius 3 is 2.47 bits per heavy atom. The lowest BCUT2D eigenvalue weighted by Crippen LogP contribution is -2.13. The predicted molar refractivity (Wildman–Crippen MR) is 130 cm³/mol. The number of thiazole rings is 1. The third-order valence-electron chi connectivity index (χ3n) is 4.97. The summed E-state index contributed by atoms with van der Waals surface area (Å²) < 4.78 is 72.3. The number of carbonyl (C=O) groups excluding carboxylic acids is 1. The van der Waals surface area contributed by atoms with Crippen molar-refractivity contribution < 1.29 is 31.1 Å². The first-order valence-corrected chi connectivity index (χ1v) is 12.8. The highest BCUT2D eigenvalue weighted by Crippen LogP contribution is 2.35. The smallest absolute Gasteiger partial charge is 0.416 e. The topological polar surface area (TPSA) is 110 Å². The molecule has 0 unspecified atom stereocenters. The number of nitrogens with zero attached hydrogens (tertiary/aromatic N) is 2. The molecule has 0 saturated heterocycles. The minimum atomic E-state index is -4.56. The van der Waals surface area contributed by atoms with E-state index in [4.69, 9.17) is 4.74 Å². The summed E-state index contributed by atoms with van der Waals surface area (Å²) in [7, 11) is -3.89. The van der Waals surface area contributed by atoms with Gasteiger partial charge in [0.25, 0.3) is 10.0 Å². The van der Waals surface area contributed by atoms with Crippen molar-refractivity contribution in [2.24, 2.45) is 0 Å². The van der Waals surface area contributed by atoms with Crippen molar-refractivity contribution in [3.05, 3.63) is 70.9 Å². The molecular weight excluding hydrogens is 517 g/mol. The monoisotopic (exact) mass is 536 g/mol. The van der Waals surface area contributed by atoms with E-state index >= 15 is 0 Å². The van der Waals surface area contributed by atoms with E-state index in [1.165, 1.54) is 30.3 Å². The Balaban J connectivity index is 1.69. The molecule has 2 aromatic carbocycles. The Morgan fingerprint density at radius 1 is 1.14 bits per heavy atom. The molecule has 4 rings (SSSR count). The van der Waals surface area contributed by atoms with Crippen LogP contribution < -0.4 is 10.0 Å². The average molecular weight is 537 g/mol. The molecule has 0 aliphatic rings. The highest BCUT2D eigenvalue weighted by atomic mass is 32.2. The van der Waals surface area contributed by atoms with Crippen LogP contribution in [0.3, 0.4) is 0 Å². The summed E-state index contributed by atoms with van der Waals surface area (Å²) in [6.45, 7) is 3.45. The molecule has 0 spiro atoms. The number of anilines is 3. The van der Waals surface area contributed by atoms with Crippen molar-refractivity contribution in [3.8, 4) is 0 Å². The molecule has 0 amide bonds. The maximum Gasteiger partial charge on any atom is 0.416 e. The first-order valence-electron chi connectivity index (χ1n) is 10.5. The molecule has 0 bridgehead atoms. The fourth-order valence-electron chi connectivity index (χ4n) is 3.30. The van der Waals surface area contributed by atoms with Gasteiger partial charge in [0.15, 0.2) is 5.13 Å². The van der Waals surface area contributed by atoms with Gasteiger partial charge in [0.05, 0.1) is 34.0 Å². The lowest BCUT2D eigenvalue weighted by molar-refractivity contribution is -0.137. The van der Waals surface area contributed by atoms with Crippen LogP contribution in [0, 0.1) is 6.92 Å². The standard InChI is InChI=1S/C23H19F3N4O4S2/c1-3-34-21(31)18-11-27-19-10-14(23(24,25)26)4-9-17(19)20(18)29-15-5-7-16(8-6-15)36(32,33)30-22-28-13(2)12-35-22/h4-12H,3H2,1-2H3,(H,27,29)(H,28,30). The van der Waals surface area contributed by atoms with Crippen LogP contribution in [0.25, 0.3) is 10.9 Å². The Morgan fingerprint density at radius 2 is 1.86 bits per heavy atom. The van der Waals surface area contributed by atoms with Crippen LogP contribution in [0.15, 0.2) is 58.9 Å². The number of esters is 1. The molecule has 8 nitrogen and oxygen atoms in total. The summed E-state index contributed by atoms with van der Waals surface area (Å²) in [5.41, 5.74) is 0.400. The summed E-state index contributed by atoms with van der Waals surface area (Å²) in [5, 5.41) is 5.20. The number of ether oxygens (including phenoxy) is 1. The van der Waals surface area contributed by atoms with Gasteiger partial charge in [-0.05, 0) is 50.2 Å². The summed E-state index contributed by atoms with van der Waals surface area (Å²) in [6, 6.07) is 8.62. The molecule has 0 radical (unpaired) electrons. The summed E-state index contributed by atoms with van der Waals surface area (Å²) in [5.74, 6) is -0.712. The third kappa shape index (κ3) is 5.41. The first kappa shape index (κ1) is 25.4. The lowest BCUT2D eigenvalue weighted by atomic mass is 10.1. The molecule has 0 fully saturated rings. The Kier molecular flexibility index (Phi) is 6.87. The number of nitrogens with one attached hydrogen (secondary N) is 2. The SMILES string of the molecule is CCOC(=O)c1cnc2cc(C(F)(F)F)ccc2c1Nc1ccc(S(=O)(=O)Nc2nc(C)cs2)cc1. The predicted octanol–water partition coefficient (Wildman–Crippen LogP) is 5.74. The largest absolute Gasteiger partial charge is 0.462 e. The summed E-state index contributed by atoms with van der Waals surface area (Å²) >= 11 is 1.15. The molecule has 0 atom stereocenters. The second kappa shape index (κ2) is 9.74. The van der Waals surface area contributed by atoms with Crippen molar-refractivity contribution in [2.45, 2.75) is 24.9 Å². The number of sulfonamides is 1. The Bertz CT molecular complexity index is 1540. The molecule has 2 heterocycles. The fraction of sp³-hybridized carbons (Fsp3) is 0.174. The number of benzene rings is 2. The van der Waals surface area contributed by atoms with E-state index in [1.54, 1.807) is 19.2 Å². The van der Waals surface area contributed by atoms with Gasteiger partial charge in [0, 0.05) is 22.7 Å². The molecule has 2 N–H and O–H groups in total. The molecule has 4 aromatic rings. The molecular formula is C23H19F3N4O4S2. The lowest BCUT2D eigenvalue weighted by Gasteiger charge is -2.15. The fourth-order valence-corrected chi connectivity index (χ4v) is 5.25. The number of aryl methyl sites for hydroxylation is 1. The normalized spacial score (nSPS) is 11.9. The molecule has 0 saturated carbocycles. The zero-order chi connectivity index (χ0) is 26.1. The van der Waals surface area contributed by atoms with Crippen LogP contribution in [-0.4, -0.2) is 31.0 Å². The second-order valence-electron chi connectivity index (χ2n) is 7.55. The van der Waals surface area contributed by atoms with Crippen molar-refractivity contribution >= 4 is 54.7 Å². The van der Waals surface area contributed by atoms with Gasteiger partial charge in [-0.25, -0.2) is 18.2 Å². The van der Waals surface area contributed by atoms with Crippen LogP contribution in [-0.2, 0) is 20.9 Å². The molecule has 36 heavy (non-hydrogen) atoms. The number of carbonyl (C=O) groups is 1. The average Bonchev–Trinajstić information content (AvgIpc) is 3.22. The van der Waals surface area contributed by atoms with Crippen LogP contribution in [0.4, 0.5) is 29.7 Å². The maximum absolute atomic E-state index is 13.2. The van der Waals surface area contributed by atoms with E-state index in [0.29, 0.717) is 11.4 Å². The van der Waals surface area contributed by atoms with Gasteiger partial charge in [-0.1, -0.05) is 6.07 Å². The minimum absolute atomic E-state index is 0.0154. The third-order valence-corrected chi connectivity index (χ3v) is 7.33. The van der Waals surface area contributed by atoms with Gasteiger partial charge < -0.3 is 10.1 Å². The van der Waals surface area contributed by atoms with Gasteiger partial charge in [-0.15, -0.1) is 11.3 Å². The number of alkyl halides is 3. The van der Waals surface area contributed by atoms with Crippen molar-refractivity contribution in [3.63, 3.8) is 0 Å². The Labute approximate surface area is 208 Å². The molecule has 188 valence electrons. The van der Waals surface area contributed by atoms with Gasteiger partial charge >= 0.3 is 12.1 Å². The number of pyridine rings is 1. The Hall–Kier alpha value is -3.71. The van der Waals surface area contributed by atoms with Crippen molar-refractivity contribution in [1.29, 1.82) is 0 Å². The van der Waals surface area contributed by atoms with Crippen molar-refractivity contribution in [1.82, 2.24) is 9.97 Å². The number of hydrogen-bond donors (Lipinski definition) is 2. The number of rotatable bonds is 7. The zero-order valence-corrected chi connectivity index (χ0v) is 20.5. The maximum atomic E-state index is 13.2.